The lowest BCUT2D eigenvalue weighted by Gasteiger charge is -2.19. The molecule has 1 heterocycles. The maximum absolute atomic E-state index is 6.11. The third kappa shape index (κ3) is 3.06. The second kappa shape index (κ2) is 5.46. The summed E-state index contributed by atoms with van der Waals surface area (Å²) in [5, 5.41) is 1.07. The normalized spacial score (nSPS) is 10.4. The zero-order valence-corrected chi connectivity index (χ0v) is 11.4. The highest BCUT2D eigenvalue weighted by Gasteiger charge is 2.08. The highest BCUT2D eigenvalue weighted by atomic mass is 35.5. The van der Waals surface area contributed by atoms with Crippen molar-refractivity contribution in [1.82, 2.24) is 4.98 Å². The molecule has 0 saturated heterocycles. The largest absolute Gasteiger partial charge is 0.399 e. The Morgan fingerprint density at radius 2 is 1.89 bits per heavy atom. The van der Waals surface area contributed by atoms with Gasteiger partial charge in [0.1, 0.15) is 5.82 Å². The van der Waals surface area contributed by atoms with Gasteiger partial charge in [0.05, 0.1) is 10.0 Å². The van der Waals surface area contributed by atoms with Gasteiger partial charge in [-0.15, -0.1) is 0 Å². The van der Waals surface area contributed by atoms with Gasteiger partial charge in [0.15, 0.2) is 0 Å². The van der Waals surface area contributed by atoms with E-state index in [-0.39, 0.29) is 0 Å². The Balaban J connectivity index is 2.16. The Morgan fingerprint density at radius 3 is 2.50 bits per heavy atom. The van der Waals surface area contributed by atoms with E-state index in [1.807, 2.05) is 36.2 Å². The molecule has 0 atom stereocenters. The molecular formula is C13H13Cl2N3. The van der Waals surface area contributed by atoms with E-state index in [0.29, 0.717) is 22.4 Å². The SMILES string of the molecule is CN(Cc1ccc(N)cc1)c1ncc(Cl)cc1Cl. The van der Waals surface area contributed by atoms with Gasteiger partial charge in [0, 0.05) is 25.5 Å². The van der Waals surface area contributed by atoms with Gasteiger partial charge in [-0.1, -0.05) is 35.3 Å². The van der Waals surface area contributed by atoms with Crippen LogP contribution in [0.5, 0.6) is 0 Å². The predicted molar refractivity (Wildman–Crippen MR) is 77.2 cm³/mol. The Morgan fingerprint density at radius 1 is 1.22 bits per heavy atom. The van der Waals surface area contributed by atoms with Crippen molar-refractivity contribution in [3.8, 4) is 0 Å². The summed E-state index contributed by atoms with van der Waals surface area (Å²) in [6.45, 7) is 0.703. The van der Waals surface area contributed by atoms with Gasteiger partial charge in [-0.25, -0.2) is 4.98 Å². The van der Waals surface area contributed by atoms with Crippen molar-refractivity contribution in [2.45, 2.75) is 6.54 Å². The number of nitrogens with two attached hydrogens (primary N) is 1. The van der Waals surface area contributed by atoms with E-state index in [1.54, 1.807) is 12.3 Å². The molecule has 0 unspecified atom stereocenters. The number of pyridine rings is 1. The Labute approximate surface area is 116 Å². The third-order valence-electron chi connectivity index (χ3n) is 2.55. The molecule has 5 heteroatoms. The van der Waals surface area contributed by atoms with Crippen LogP contribution in [0.2, 0.25) is 10.0 Å². The van der Waals surface area contributed by atoms with E-state index in [0.717, 1.165) is 11.3 Å². The van der Waals surface area contributed by atoms with Crippen LogP contribution < -0.4 is 10.6 Å². The second-order valence-corrected chi connectivity index (χ2v) is 4.90. The van der Waals surface area contributed by atoms with E-state index < -0.39 is 0 Å². The molecule has 94 valence electrons. The lowest BCUT2D eigenvalue weighted by molar-refractivity contribution is 0.898. The topological polar surface area (TPSA) is 42.1 Å². The molecule has 0 aliphatic heterocycles. The molecule has 18 heavy (non-hydrogen) atoms. The van der Waals surface area contributed by atoms with E-state index in [1.165, 1.54) is 0 Å². The van der Waals surface area contributed by atoms with Gasteiger partial charge < -0.3 is 10.6 Å². The van der Waals surface area contributed by atoms with Crippen LogP contribution in [-0.4, -0.2) is 12.0 Å². The van der Waals surface area contributed by atoms with Crippen molar-refractivity contribution < 1.29 is 0 Å². The first kappa shape index (κ1) is 13.0. The van der Waals surface area contributed by atoms with Gasteiger partial charge in [0.25, 0.3) is 0 Å². The summed E-state index contributed by atoms with van der Waals surface area (Å²) >= 11 is 11.9. The molecule has 0 spiro atoms. The molecule has 2 N–H and O–H groups in total. The van der Waals surface area contributed by atoms with E-state index >= 15 is 0 Å². The molecule has 2 rings (SSSR count). The highest BCUT2D eigenvalue weighted by Crippen LogP contribution is 2.26. The van der Waals surface area contributed by atoms with E-state index in [4.69, 9.17) is 28.9 Å². The van der Waals surface area contributed by atoms with Crippen molar-refractivity contribution in [2.75, 3.05) is 17.7 Å². The summed E-state index contributed by atoms with van der Waals surface area (Å²) in [5.41, 5.74) is 7.54. The van der Waals surface area contributed by atoms with Crippen LogP contribution in [0.1, 0.15) is 5.56 Å². The smallest absolute Gasteiger partial charge is 0.147 e. The first-order valence-electron chi connectivity index (χ1n) is 5.43. The highest BCUT2D eigenvalue weighted by molar-refractivity contribution is 6.35. The van der Waals surface area contributed by atoms with Gasteiger partial charge in [0.2, 0.25) is 0 Å². The molecule has 2 aromatic rings. The van der Waals surface area contributed by atoms with E-state index in [2.05, 4.69) is 4.98 Å². The molecule has 0 saturated carbocycles. The number of hydrogen-bond acceptors (Lipinski definition) is 3. The lowest BCUT2D eigenvalue weighted by atomic mass is 10.2. The monoisotopic (exact) mass is 281 g/mol. The van der Waals surface area contributed by atoms with Crippen molar-refractivity contribution in [3.63, 3.8) is 0 Å². The number of nitrogen functional groups attached to an aromatic ring is 1. The number of aromatic nitrogens is 1. The quantitative estimate of drug-likeness (QED) is 0.874. The summed E-state index contributed by atoms with van der Waals surface area (Å²) < 4.78 is 0. The zero-order valence-electron chi connectivity index (χ0n) is 9.90. The summed E-state index contributed by atoms with van der Waals surface area (Å²) in [6.07, 6.45) is 1.59. The molecule has 0 radical (unpaired) electrons. The third-order valence-corrected chi connectivity index (χ3v) is 3.03. The summed E-state index contributed by atoms with van der Waals surface area (Å²) in [5.74, 6) is 0.706. The average Bonchev–Trinajstić information content (AvgIpc) is 2.32. The van der Waals surface area contributed by atoms with Gasteiger partial charge in [-0.3, -0.25) is 0 Å². The first-order chi connectivity index (χ1) is 8.56. The standard InChI is InChI=1S/C13H13Cl2N3/c1-18(8-9-2-4-11(16)5-3-9)13-12(15)6-10(14)7-17-13/h2-7H,8,16H2,1H3. The maximum atomic E-state index is 6.11. The predicted octanol–water partition coefficient (Wildman–Crippen LogP) is 3.61. The van der Waals surface area contributed by atoms with E-state index in [9.17, 15) is 0 Å². The first-order valence-corrected chi connectivity index (χ1v) is 6.18. The minimum Gasteiger partial charge on any atom is -0.399 e. The summed E-state index contributed by atoms with van der Waals surface area (Å²) in [7, 11) is 1.93. The molecule has 0 amide bonds. The maximum Gasteiger partial charge on any atom is 0.147 e. The lowest BCUT2D eigenvalue weighted by Crippen LogP contribution is -2.18. The molecule has 0 aliphatic rings. The number of hydrogen-bond donors (Lipinski definition) is 1. The van der Waals surface area contributed by atoms with Crippen LogP contribution in [0.3, 0.4) is 0 Å². The van der Waals surface area contributed by atoms with Crippen LogP contribution in [0.15, 0.2) is 36.5 Å². The second-order valence-electron chi connectivity index (χ2n) is 4.06. The summed E-state index contributed by atoms with van der Waals surface area (Å²) in [6, 6.07) is 9.40. The number of anilines is 2. The van der Waals surface area contributed by atoms with Crippen LogP contribution in [-0.2, 0) is 6.54 Å². The Kier molecular flexibility index (Phi) is 3.94. The van der Waals surface area contributed by atoms with Crippen LogP contribution in [0.4, 0.5) is 11.5 Å². The van der Waals surface area contributed by atoms with Gasteiger partial charge >= 0.3 is 0 Å². The molecule has 1 aromatic heterocycles. The van der Waals surface area contributed by atoms with Gasteiger partial charge in [-0.05, 0) is 23.8 Å². The fourth-order valence-corrected chi connectivity index (χ4v) is 2.18. The van der Waals surface area contributed by atoms with Gasteiger partial charge in [-0.2, -0.15) is 0 Å². The fourth-order valence-electron chi connectivity index (χ4n) is 1.66. The molecule has 3 nitrogen and oxygen atoms in total. The molecule has 1 aromatic carbocycles. The van der Waals surface area contributed by atoms with Crippen LogP contribution >= 0.6 is 23.2 Å². The molecule has 0 aliphatic carbocycles. The van der Waals surface area contributed by atoms with Crippen molar-refractivity contribution in [1.29, 1.82) is 0 Å². The number of halogens is 2. The average molecular weight is 282 g/mol. The number of nitrogens with zero attached hydrogens (tertiary/aromatic N) is 2. The molecule has 0 fully saturated rings. The molecule has 0 bridgehead atoms. The minimum atomic E-state index is 0.532. The zero-order chi connectivity index (χ0) is 13.1. The fraction of sp³-hybridized carbons (Fsp3) is 0.154. The number of benzene rings is 1. The Hall–Kier alpha value is -1.45. The van der Waals surface area contributed by atoms with Crippen LogP contribution in [0.25, 0.3) is 0 Å². The van der Waals surface area contributed by atoms with Crippen LogP contribution in [0, 0.1) is 0 Å². The summed E-state index contributed by atoms with van der Waals surface area (Å²) in [4.78, 5) is 6.19. The van der Waals surface area contributed by atoms with Crippen molar-refractivity contribution in [2.24, 2.45) is 0 Å². The Bertz CT molecular complexity index is 540. The van der Waals surface area contributed by atoms with Crippen molar-refractivity contribution in [3.05, 3.63) is 52.1 Å². The minimum absolute atomic E-state index is 0.532. The van der Waals surface area contributed by atoms with Crippen molar-refractivity contribution >= 4 is 34.7 Å². The molecular weight excluding hydrogens is 269 g/mol. The number of rotatable bonds is 3.